The first kappa shape index (κ1) is 20.2. The van der Waals surface area contributed by atoms with Gasteiger partial charge in [-0.3, -0.25) is 9.35 Å². The second kappa shape index (κ2) is 7.86. The summed E-state index contributed by atoms with van der Waals surface area (Å²) in [5.74, 6) is -0.105. The van der Waals surface area contributed by atoms with E-state index >= 15 is 0 Å². The van der Waals surface area contributed by atoms with Crippen LogP contribution in [0, 0.1) is 0 Å². The van der Waals surface area contributed by atoms with Crippen LogP contribution in [-0.2, 0) is 14.9 Å². The van der Waals surface area contributed by atoms with Crippen molar-refractivity contribution in [1.29, 1.82) is 0 Å². The summed E-state index contributed by atoms with van der Waals surface area (Å²) >= 11 is 0. The molecule has 0 radical (unpaired) electrons. The molecular formula is C19H17N3O6S. The van der Waals surface area contributed by atoms with E-state index in [-0.39, 0.29) is 33.7 Å². The topological polar surface area (TPSA) is 138 Å². The van der Waals surface area contributed by atoms with E-state index in [1.165, 1.54) is 32.2 Å². The van der Waals surface area contributed by atoms with Gasteiger partial charge in [0.2, 0.25) is 5.91 Å². The zero-order valence-electron chi connectivity index (χ0n) is 15.4. The lowest BCUT2D eigenvalue weighted by Crippen LogP contribution is -2.05. The summed E-state index contributed by atoms with van der Waals surface area (Å²) < 4.78 is 37.0. The second-order valence-electron chi connectivity index (χ2n) is 6.06. The van der Waals surface area contributed by atoms with E-state index in [4.69, 9.17) is 4.74 Å². The van der Waals surface area contributed by atoms with Crippen LogP contribution in [0.4, 0.5) is 17.1 Å². The predicted octanol–water partition coefficient (Wildman–Crippen LogP) is 4.17. The Balaban J connectivity index is 2.01. The summed E-state index contributed by atoms with van der Waals surface area (Å²) in [5.41, 5.74) is 0.790. The van der Waals surface area contributed by atoms with Crippen LogP contribution in [0.2, 0.25) is 0 Å². The molecule has 0 unspecified atom stereocenters. The molecule has 0 heterocycles. The van der Waals surface area contributed by atoms with Crippen molar-refractivity contribution >= 4 is 43.9 Å². The van der Waals surface area contributed by atoms with Crippen LogP contribution < -0.4 is 10.1 Å². The number of nitrogens with zero attached hydrogens (tertiary/aromatic N) is 2. The van der Waals surface area contributed by atoms with Crippen molar-refractivity contribution in [2.24, 2.45) is 10.2 Å². The average Bonchev–Trinajstić information content (AvgIpc) is 2.66. The van der Waals surface area contributed by atoms with E-state index in [2.05, 4.69) is 15.5 Å². The SMILES string of the molecule is COc1ccc(S(=O)(=O)O)cc1N=Nc1ccc2cc(NC(C)=O)ccc2c1O. The number of nitrogens with one attached hydrogen (secondary N) is 1. The number of carbonyl (C=O) groups excluding carboxylic acids is 1. The number of ether oxygens (including phenoxy) is 1. The molecule has 1 amide bonds. The summed E-state index contributed by atoms with van der Waals surface area (Å²) in [4.78, 5) is 10.8. The fraction of sp³-hybridized carbons (Fsp3) is 0.105. The van der Waals surface area contributed by atoms with Crippen molar-refractivity contribution in [2.45, 2.75) is 11.8 Å². The second-order valence-corrected chi connectivity index (χ2v) is 7.48. The average molecular weight is 415 g/mol. The van der Waals surface area contributed by atoms with E-state index in [9.17, 15) is 22.9 Å². The third-order valence-electron chi connectivity index (χ3n) is 4.00. The molecule has 0 atom stereocenters. The number of hydrogen-bond donors (Lipinski definition) is 3. The van der Waals surface area contributed by atoms with Gasteiger partial charge in [-0.25, -0.2) is 0 Å². The van der Waals surface area contributed by atoms with Gasteiger partial charge in [0.15, 0.2) is 5.75 Å². The first-order valence-electron chi connectivity index (χ1n) is 8.29. The highest BCUT2D eigenvalue weighted by molar-refractivity contribution is 7.85. The molecule has 0 bridgehead atoms. The van der Waals surface area contributed by atoms with E-state index in [1.54, 1.807) is 24.3 Å². The van der Waals surface area contributed by atoms with Gasteiger partial charge in [0, 0.05) is 18.0 Å². The number of benzene rings is 3. The zero-order valence-corrected chi connectivity index (χ0v) is 16.3. The van der Waals surface area contributed by atoms with Crippen molar-refractivity contribution < 1.29 is 27.6 Å². The van der Waals surface area contributed by atoms with Crippen molar-refractivity contribution in [3.63, 3.8) is 0 Å². The summed E-state index contributed by atoms with van der Waals surface area (Å²) in [6.45, 7) is 1.40. The molecule has 0 aliphatic rings. The van der Waals surface area contributed by atoms with Gasteiger partial charge < -0.3 is 15.2 Å². The maximum absolute atomic E-state index is 11.3. The Morgan fingerprint density at radius 3 is 2.41 bits per heavy atom. The summed E-state index contributed by atoms with van der Waals surface area (Å²) in [6.07, 6.45) is 0. The smallest absolute Gasteiger partial charge is 0.294 e. The Labute approximate surface area is 166 Å². The minimum atomic E-state index is -4.42. The molecule has 3 aromatic carbocycles. The first-order chi connectivity index (χ1) is 13.7. The Morgan fingerprint density at radius 1 is 1.03 bits per heavy atom. The van der Waals surface area contributed by atoms with Gasteiger partial charge in [0.1, 0.15) is 17.1 Å². The maximum Gasteiger partial charge on any atom is 0.294 e. The normalized spacial score (nSPS) is 11.7. The third kappa shape index (κ3) is 4.50. The molecule has 10 heteroatoms. The van der Waals surface area contributed by atoms with Crippen LogP contribution in [0.5, 0.6) is 11.5 Å². The minimum absolute atomic E-state index is 0.0585. The molecule has 29 heavy (non-hydrogen) atoms. The number of anilines is 1. The molecule has 0 fully saturated rings. The van der Waals surface area contributed by atoms with Gasteiger partial charge in [0.25, 0.3) is 10.1 Å². The lowest BCUT2D eigenvalue weighted by Gasteiger charge is -2.08. The molecule has 3 N–H and O–H groups in total. The van der Waals surface area contributed by atoms with E-state index in [0.29, 0.717) is 16.5 Å². The van der Waals surface area contributed by atoms with Crippen molar-refractivity contribution in [1.82, 2.24) is 0 Å². The van der Waals surface area contributed by atoms with Crippen molar-refractivity contribution in [2.75, 3.05) is 12.4 Å². The van der Waals surface area contributed by atoms with Crippen LogP contribution in [0.15, 0.2) is 63.7 Å². The van der Waals surface area contributed by atoms with Gasteiger partial charge in [0.05, 0.1) is 12.0 Å². The van der Waals surface area contributed by atoms with E-state index in [0.717, 1.165) is 6.07 Å². The summed E-state index contributed by atoms with van der Waals surface area (Å²) in [6, 6.07) is 11.8. The molecule has 0 aromatic heterocycles. The van der Waals surface area contributed by atoms with Crippen molar-refractivity contribution in [3.05, 3.63) is 48.5 Å². The van der Waals surface area contributed by atoms with E-state index in [1.807, 2.05) is 0 Å². The minimum Gasteiger partial charge on any atom is -0.505 e. The van der Waals surface area contributed by atoms with Crippen LogP contribution in [0.1, 0.15) is 6.92 Å². The first-order valence-corrected chi connectivity index (χ1v) is 9.73. The fourth-order valence-electron chi connectivity index (χ4n) is 2.68. The molecule has 0 saturated heterocycles. The summed E-state index contributed by atoms with van der Waals surface area (Å²) in [5, 5.41) is 22.3. The largest absolute Gasteiger partial charge is 0.505 e. The number of aromatic hydroxyl groups is 1. The maximum atomic E-state index is 11.3. The summed E-state index contributed by atoms with van der Waals surface area (Å²) in [7, 11) is -3.04. The molecule has 0 saturated carbocycles. The predicted molar refractivity (Wildman–Crippen MR) is 107 cm³/mol. The lowest BCUT2D eigenvalue weighted by atomic mass is 10.1. The highest BCUT2D eigenvalue weighted by Crippen LogP contribution is 2.38. The molecule has 0 aliphatic heterocycles. The zero-order chi connectivity index (χ0) is 21.2. The number of methoxy groups -OCH3 is 1. The van der Waals surface area contributed by atoms with Gasteiger partial charge in [-0.15, -0.1) is 10.2 Å². The fourth-order valence-corrected chi connectivity index (χ4v) is 3.18. The van der Waals surface area contributed by atoms with Gasteiger partial charge >= 0.3 is 0 Å². The number of fused-ring (bicyclic) bond motifs is 1. The van der Waals surface area contributed by atoms with E-state index < -0.39 is 10.1 Å². The van der Waals surface area contributed by atoms with Crippen LogP contribution in [0.25, 0.3) is 10.8 Å². The molecule has 0 spiro atoms. The Hall–Kier alpha value is -3.50. The highest BCUT2D eigenvalue weighted by Gasteiger charge is 2.14. The Morgan fingerprint density at radius 2 is 1.76 bits per heavy atom. The highest BCUT2D eigenvalue weighted by atomic mass is 32.2. The number of phenols is 1. The van der Waals surface area contributed by atoms with Gasteiger partial charge in [-0.2, -0.15) is 8.42 Å². The number of amides is 1. The van der Waals surface area contributed by atoms with Crippen LogP contribution in [0.3, 0.4) is 0 Å². The van der Waals surface area contributed by atoms with Crippen molar-refractivity contribution in [3.8, 4) is 11.5 Å². The monoisotopic (exact) mass is 415 g/mol. The number of rotatable bonds is 5. The molecule has 9 nitrogen and oxygen atoms in total. The molecular weight excluding hydrogens is 398 g/mol. The standard InChI is InChI=1S/C19H17N3O6S/c1-11(23)20-13-4-6-15-12(9-13)3-7-16(19(15)24)21-22-17-10-14(29(25,26)27)5-8-18(17)28-2/h3-10,24H,1-2H3,(H,20,23)(H,25,26,27). The molecule has 3 aromatic rings. The lowest BCUT2D eigenvalue weighted by molar-refractivity contribution is -0.114. The van der Waals surface area contributed by atoms with Gasteiger partial charge in [-0.1, -0.05) is 6.07 Å². The van der Waals surface area contributed by atoms with Gasteiger partial charge in [-0.05, 0) is 47.9 Å². The number of carbonyl (C=O) groups is 1. The number of phenolic OH excluding ortho intramolecular Hbond substituents is 1. The van der Waals surface area contributed by atoms with Crippen LogP contribution >= 0.6 is 0 Å². The Bertz CT molecular complexity index is 1240. The Kier molecular flexibility index (Phi) is 5.48. The third-order valence-corrected chi connectivity index (χ3v) is 4.85. The quantitative estimate of drug-likeness (QED) is 0.422. The molecule has 3 rings (SSSR count). The van der Waals surface area contributed by atoms with Crippen LogP contribution in [-0.4, -0.2) is 31.1 Å². The molecule has 150 valence electrons. The number of azo groups is 1. The molecule has 0 aliphatic carbocycles. The number of hydrogen-bond acceptors (Lipinski definition) is 7.